The first-order valence-electron chi connectivity index (χ1n) is 8.81. The van der Waals surface area contributed by atoms with Crippen molar-refractivity contribution in [2.24, 2.45) is 5.92 Å². The van der Waals surface area contributed by atoms with Crippen LogP contribution in [0, 0.1) is 5.92 Å². The Bertz CT molecular complexity index is 776. The highest BCUT2D eigenvalue weighted by Gasteiger charge is 2.56. The molecule has 1 atom stereocenters. The van der Waals surface area contributed by atoms with Crippen LogP contribution in [0.2, 0.25) is 0 Å². The van der Waals surface area contributed by atoms with Gasteiger partial charge in [-0.05, 0) is 37.8 Å². The summed E-state index contributed by atoms with van der Waals surface area (Å²) in [5.41, 5.74) is -0.358. The maximum atomic E-state index is 12.6. The van der Waals surface area contributed by atoms with E-state index in [1.807, 2.05) is 0 Å². The number of carbonyl (C=O) groups is 3. The molecular weight excluding hydrogens is 338 g/mol. The van der Waals surface area contributed by atoms with Crippen LogP contribution in [0.4, 0.5) is 10.5 Å². The van der Waals surface area contributed by atoms with E-state index in [2.05, 4.69) is 10.6 Å². The number of carbonyl (C=O) groups excluding carboxylic acids is 3. The molecule has 1 saturated carbocycles. The molecule has 0 aromatic heterocycles. The van der Waals surface area contributed by atoms with Gasteiger partial charge < -0.3 is 20.1 Å². The molecule has 26 heavy (non-hydrogen) atoms. The lowest BCUT2D eigenvalue weighted by molar-refractivity contribution is -0.134. The van der Waals surface area contributed by atoms with Crippen molar-refractivity contribution in [2.45, 2.75) is 31.7 Å². The highest BCUT2D eigenvalue weighted by atomic mass is 16.5. The molecule has 2 heterocycles. The van der Waals surface area contributed by atoms with E-state index in [1.54, 1.807) is 25.1 Å². The van der Waals surface area contributed by atoms with Gasteiger partial charge in [0.2, 0.25) is 5.91 Å². The van der Waals surface area contributed by atoms with Crippen molar-refractivity contribution in [3.63, 3.8) is 0 Å². The fourth-order valence-electron chi connectivity index (χ4n) is 3.38. The van der Waals surface area contributed by atoms with Gasteiger partial charge in [0.25, 0.3) is 5.91 Å². The Morgan fingerprint density at radius 1 is 1.27 bits per heavy atom. The summed E-state index contributed by atoms with van der Waals surface area (Å²) >= 11 is 0. The molecule has 2 aliphatic heterocycles. The second-order valence-corrected chi connectivity index (χ2v) is 7.06. The fraction of sp³-hybridized carbons (Fsp3) is 0.500. The largest absolute Gasteiger partial charge is 0.490 e. The molecule has 8 nitrogen and oxygen atoms in total. The lowest BCUT2D eigenvalue weighted by atomic mass is 9.96. The highest BCUT2D eigenvalue weighted by molar-refractivity contribution is 6.10. The highest BCUT2D eigenvalue weighted by Crippen LogP contribution is 2.42. The number of rotatable bonds is 4. The normalized spacial score (nSPS) is 24.9. The van der Waals surface area contributed by atoms with E-state index in [1.165, 1.54) is 0 Å². The van der Waals surface area contributed by atoms with Crippen LogP contribution < -0.4 is 20.1 Å². The molecule has 4 amide bonds. The summed E-state index contributed by atoms with van der Waals surface area (Å²) in [5.74, 6) is 0.585. The monoisotopic (exact) mass is 359 g/mol. The standard InChI is InChI=1S/C18H21N3O5/c1-18(11-3-4-11)16(23)21(17(24)20-18)10-15(22)19-12-5-6-13-14(9-12)26-8-2-7-25-13/h5-6,9,11H,2-4,7-8,10H2,1H3,(H,19,22)(H,20,24). The molecular formula is C18H21N3O5. The van der Waals surface area contributed by atoms with E-state index in [0.29, 0.717) is 30.4 Å². The van der Waals surface area contributed by atoms with E-state index >= 15 is 0 Å². The molecule has 1 aromatic rings. The number of amides is 4. The molecule has 2 N–H and O–H groups in total. The minimum absolute atomic E-state index is 0.161. The number of fused-ring (bicyclic) bond motifs is 1. The number of nitrogens with zero attached hydrogens (tertiary/aromatic N) is 1. The SMILES string of the molecule is CC1(C2CC2)NC(=O)N(CC(=O)Nc2ccc3c(c2)OCCCO3)C1=O. The van der Waals surface area contributed by atoms with Crippen LogP contribution in [0.25, 0.3) is 0 Å². The summed E-state index contributed by atoms with van der Waals surface area (Å²) in [4.78, 5) is 38.0. The van der Waals surface area contributed by atoms with Crippen molar-refractivity contribution in [1.82, 2.24) is 10.2 Å². The summed E-state index contributed by atoms with van der Waals surface area (Å²) in [6.45, 7) is 2.55. The lowest BCUT2D eigenvalue weighted by Gasteiger charge is -2.20. The Morgan fingerprint density at radius 3 is 2.73 bits per heavy atom. The Kier molecular flexibility index (Phi) is 3.97. The average Bonchev–Trinajstić information content (AvgIpc) is 3.43. The number of nitrogens with one attached hydrogen (secondary N) is 2. The number of hydrogen-bond donors (Lipinski definition) is 2. The first kappa shape index (κ1) is 16.7. The van der Waals surface area contributed by atoms with Gasteiger partial charge in [-0.25, -0.2) is 4.79 Å². The molecule has 8 heteroatoms. The third-order valence-corrected chi connectivity index (χ3v) is 5.03. The Balaban J connectivity index is 1.42. The number of imide groups is 1. The summed E-state index contributed by atoms with van der Waals surface area (Å²) in [7, 11) is 0. The third-order valence-electron chi connectivity index (χ3n) is 5.03. The number of benzene rings is 1. The number of urea groups is 1. The van der Waals surface area contributed by atoms with Crippen LogP contribution in [0.3, 0.4) is 0 Å². The molecule has 1 unspecified atom stereocenters. The van der Waals surface area contributed by atoms with Crippen LogP contribution >= 0.6 is 0 Å². The van der Waals surface area contributed by atoms with Gasteiger partial charge in [0, 0.05) is 18.2 Å². The minimum atomic E-state index is -0.882. The zero-order valence-corrected chi connectivity index (χ0v) is 14.5. The molecule has 0 spiro atoms. The second-order valence-electron chi connectivity index (χ2n) is 7.06. The summed E-state index contributed by atoms with van der Waals surface area (Å²) < 4.78 is 11.1. The van der Waals surface area contributed by atoms with Crippen LogP contribution in [0.15, 0.2) is 18.2 Å². The zero-order chi connectivity index (χ0) is 18.3. The van der Waals surface area contributed by atoms with Crippen molar-refractivity contribution in [1.29, 1.82) is 0 Å². The topological polar surface area (TPSA) is 97.0 Å². The van der Waals surface area contributed by atoms with Crippen LogP contribution in [-0.2, 0) is 9.59 Å². The Hall–Kier alpha value is -2.77. The second kappa shape index (κ2) is 6.19. The summed E-state index contributed by atoms with van der Waals surface area (Å²) in [6, 6.07) is 4.59. The number of ether oxygens (including phenoxy) is 2. The zero-order valence-electron chi connectivity index (χ0n) is 14.5. The smallest absolute Gasteiger partial charge is 0.325 e. The minimum Gasteiger partial charge on any atom is -0.490 e. The molecule has 1 aromatic carbocycles. The van der Waals surface area contributed by atoms with E-state index in [9.17, 15) is 14.4 Å². The third kappa shape index (κ3) is 2.95. The first-order chi connectivity index (χ1) is 12.5. The van der Waals surface area contributed by atoms with Gasteiger partial charge in [-0.15, -0.1) is 0 Å². The molecule has 138 valence electrons. The van der Waals surface area contributed by atoms with Gasteiger partial charge in [-0.3, -0.25) is 14.5 Å². The number of anilines is 1. The van der Waals surface area contributed by atoms with Crippen molar-refractivity contribution in [3.8, 4) is 11.5 Å². The van der Waals surface area contributed by atoms with E-state index in [-0.39, 0.29) is 18.4 Å². The predicted molar refractivity (Wildman–Crippen MR) is 92.1 cm³/mol. The Labute approximate surface area is 150 Å². The van der Waals surface area contributed by atoms with Crippen molar-refractivity contribution < 1.29 is 23.9 Å². The van der Waals surface area contributed by atoms with Crippen molar-refractivity contribution in [3.05, 3.63) is 18.2 Å². The lowest BCUT2D eigenvalue weighted by Crippen LogP contribution is -2.46. The fourth-order valence-corrected chi connectivity index (χ4v) is 3.38. The van der Waals surface area contributed by atoms with Crippen molar-refractivity contribution in [2.75, 3.05) is 25.1 Å². The first-order valence-corrected chi connectivity index (χ1v) is 8.81. The average molecular weight is 359 g/mol. The molecule has 1 aliphatic carbocycles. The summed E-state index contributed by atoms with van der Waals surface area (Å²) in [6.07, 6.45) is 2.63. The molecule has 0 bridgehead atoms. The maximum absolute atomic E-state index is 12.6. The molecule has 4 rings (SSSR count). The quantitative estimate of drug-likeness (QED) is 0.794. The van der Waals surface area contributed by atoms with Crippen LogP contribution in [0.1, 0.15) is 26.2 Å². The van der Waals surface area contributed by atoms with Gasteiger partial charge in [0.1, 0.15) is 12.1 Å². The molecule has 3 aliphatic rings. The Morgan fingerprint density at radius 2 is 2.00 bits per heavy atom. The van der Waals surface area contributed by atoms with E-state index in [0.717, 1.165) is 24.2 Å². The summed E-state index contributed by atoms with van der Waals surface area (Å²) in [5, 5.41) is 5.43. The van der Waals surface area contributed by atoms with E-state index < -0.39 is 17.5 Å². The van der Waals surface area contributed by atoms with Gasteiger partial charge in [0.15, 0.2) is 11.5 Å². The maximum Gasteiger partial charge on any atom is 0.325 e. The van der Waals surface area contributed by atoms with Gasteiger partial charge in [-0.2, -0.15) is 0 Å². The van der Waals surface area contributed by atoms with E-state index in [4.69, 9.17) is 9.47 Å². The molecule has 0 radical (unpaired) electrons. The van der Waals surface area contributed by atoms with Gasteiger partial charge in [-0.1, -0.05) is 0 Å². The van der Waals surface area contributed by atoms with Gasteiger partial charge in [0.05, 0.1) is 13.2 Å². The van der Waals surface area contributed by atoms with Crippen molar-refractivity contribution >= 4 is 23.5 Å². The molecule has 2 fully saturated rings. The van der Waals surface area contributed by atoms with Crippen LogP contribution in [0.5, 0.6) is 11.5 Å². The van der Waals surface area contributed by atoms with Gasteiger partial charge >= 0.3 is 6.03 Å². The van der Waals surface area contributed by atoms with Crippen LogP contribution in [-0.4, -0.2) is 48.0 Å². The predicted octanol–water partition coefficient (Wildman–Crippen LogP) is 1.51. The number of hydrogen-bond acceptors (Lipinski definition) is 5. The molecule has 1 saturated heterocycles.